The van der Waals surface area contributed by atoms with Crippen molar-refractivity contribution in [2.24, 2.45) is 7.05 Å². The van der Waals surface area contributed by atoms with Gasteiger partial charge in [0.05, 0.1) is 16.4 Å². The van der Waals surface area contributed by atoms with Crippen molar-refractivity contribution >= 4 is 31.9 Å². The van der Waals surface area contributed by atoms with Crippen LogP contribution in [0.4, 0.5) is 0 Å². The third-order valence-corrected chi connectivity index (χ3v) is 3.73. The van der Waals surface area contributed by atoms with Gasteiger partial charge in [0.2, 0.25) is 0 Å². The summed E-state index contributed by atoms with van der Waals surface area (Å²) < 4.78 is 3.35. The molecule has 2 aromatic rings. The van der Waals surface area contributed by atoms with E-state index >= 15 is 0 Å². The van der Waals surface area contributed by atoms with Crippen molar-refractivity contribution in [3.8, 4) is 0 Å². The number of nitrogens with zero attached hydrogens (tertiary/aromatic N) is 2. The summed E-state index contributed by atoms with van der Waals surface area (Å²) in [7, 11) is 1.81. The highest BCUT2D eigenvalue weighted by Crippen LogP contribution is 2.31. The fourth-order valence-electron chi connectivity index (χ4n) is 1.57. The molecule has 1 aromatic carbocycles. The van der Waals surface area contributed by atoms with Crippen molar-refractivity contribution in [1.29, 1.82) is 0 Å². The fraction of sp³-hybridized carbons (Fsp3) is 0.182. The number of halogens is 2. The van der Waals surface area contributed by atoms with Gasteiger partial charge in [-0.2, -0.15) is 5.10 Å². The molecule has 0 bridgehead atoms. The molecule has 2 rings (SSSR count). The average molecular weight is 346 g/mol. The van der Waals surface area contributed by atoms with E-state index in [1.165, 1.54) is 0 Å². The Bertz CT molecular complexity index is 491. The summed E-state index contributed by atoms with van der Waals surface area (Å²) in [5, 5.41) is 14.4. The van der Waals surface area contributed by atoms with E-state index in [9.17, 15) is 5.11 Å². The van der Waals surface area contributed by atoms with Gasteiger partial charge in [-0.25, -0.2) is 0 Å². The number of aliphatic hydroxyl groups is 1. The minimum Gasteiger partial charge on any atom is -0.382 e. The lowest BCUT2D eigenvalue weighted by Gasteiger charge is -2.13. The molecule has 0 saturated carbocycles. The summed E-state index contributed by atoms with van der Waals surface area (Å²) in [5.41, 5.74) is 1.57. The van der Waals surface area contributed by atoms with Crippen LogP contribution in [0.25, 0.3) is 0 Å². The lowest BCUT2D eigenvalue weighted by atomic mass is 10.1. The summed E-state index contributed by atoms with van der Waals surface area (Å²) >= 11 is 6.81. The maximum atomic E-state index is 10.3. The normalized spacial score (nSPS) is 12.8. The second-order valence-corrected chi connectivity index (χ2v) is 5.13. The first-order chi connectivity index (χ1) is 7.61. The van der Waals surface area contributed by atoms with Crippen molar-refractivity contribution in [3.05, 3.63) is 50.7 Å². The predicted molar refractivity (Wildman–Crippen MR) is 69.1 cm³/mol. The Morgan fingerprint density at radius 1 is 1.25 bits per heavy atom. The molecule has 1 unspecified atom stereocenters. The van der Waals surface area contributed by atoms with E-state index in [-0.39, 0.29) is 0 Å². The molecule has 1 atom stereocenters. The molecule has 1 aromatic heterocycles. The number of aryl methyl sites for hydroxylation is 1. The van der Waals surface area contributed by atoms with Crippen LogP contribution in [0.15, 0.2) is 39.4 Å². The van der Waals surface area contributed by atoms with Gasteiger partial charge >= 0.3 is 0 Å². The summed E-state index contributed by atoms with van der Waals surface area (Å²) in [4.78, 5) is 0. The number of aliphatic hydroxyl groups excluding tert-OH is 1. The van der Waals surface area contributed by atoms with Gasteiger partial charge in [0.25, 0.3) is 0 Å². The smallest absolute Gasteiger partial charge is 0.123 e. The second-order valence-electron chi connectivity index (χ2n) is 3.43. The highest BCUT2D eigenvalue weighted by Gasteiger charge is 2.19. The summed E-state index contributed by atoms with van der Waals surface area (Å²) in [6.45, 7) is 0. The number of benzene rings is 1. The Morgan fingerprint density at radius 3 is 2.50 bits per heavy atom. The van der Waals surface area contributed by atoms with Crippen LogP contribution in [-0.2, 0) is 7.05 Å². The number of aromatic nitrogens is 2. The first-order valence-electron chi connectivity index (χ1n) is 4.71. The molecule has 0 radical (unpaired) electrons. The number of rotatable bonds is 2. The topological polar surface area (TPSA) is 38.0 Å². The number of hydrogen-bond acceptors (Lipinski definition) is 2. The van der Waals surface area contributed by atoms with Gasteiger partial charge in [-0.1, -0.05) is 34.1 Å². The minimum absolute atomic E-state index is 0.697. The second kappa shape index (κ2) is 4.69. The lowest BCUT2D eigenvalue weighted by Crippen LogP contribution is -2.07. The molecular formula is C11H10Br2N2O. The van der Waals surface area contributed by atoms with Gasteiger partial charge in [0.15, 0.2) is 0 Å². The third-order valence-electron chi connectivity index (χ3n) is 2.40. The molecule has 3 nitrogen and oxygen atoms in total. The van der Waals surface area contributed by atoms with Crippen LogP contribution >= 0.6 is 31.9 Å². The molecule has 0 aliphatic rings. The van der Waals surface area contributed by atoms with Crippen LogP contribution < -0.4 is 0 Å². The molecule has 84 valence electrons. The largest absolute Gasteiger partial charge is 0.382 e. The molecular weight excluding hydrogens is 336 g/mol. The van der Waals surface area contributed by atoms with Crippen molar-refractivity contribution in [2.75, 3.05) is 0 Å². The Morgan fingerprint density at radius 2 is 1.94 bits per heavy atom. The first-order valence-corrected chi connectivity index (χ1v) is 6.29. The van der Waals surface area contributed by atoms with E-state index in [4.69, 9.17) is 0 Å². The third kappa shape index (κ3) is 2.07. The minimum atomic E-state index is -0.697. The van der Waals surface area contributed by atoms with Gasteiger partial charge in [0, 0.05) is 17.1 Å². The Balaban J connectivity index is 2.47. The maximum absolute atomic E-state index is 10.3. The molecule has 0 fully saturated rings. The van der Waals surface area contributed by atoms with E-state index in [0.29, 0.717) is 0 Å². The van der Waals surface area contributed by atoms with Crippen LogP contribution in [0.3, 0.4) is 0 Å². The maximum Gasteiger partial charge on any atom is 0.123 e. The van der Waals surface area contributed by atoms with Crippen LogP contribution in [0, 0.1) is 0 Å². The van der Waals surface area contributed by atoms with Gasteiger partial charge < -0.3 is 5.11 Å². The molecule has 5 heteroatoms. The summed E-state index contributed by atoms with van der Waals surface area (Å²) in [6.07, 6.45) is 0.979. The van der Waals surface area contributed by atoms with E-state index < -0.39 is 6.10 Å². The molecule has 16 heavy (non-hydrogen) atoms. The summed E-state index contributed by atoms with van der Waals surface area (Å²) in [6, 6.07) is 7.60. The summed E-state index contributed by atoms with van der Waals surface area (Å²) in [5.74, 6) is 0. The lowest BCUT2D eigenvalue weighted by molar-refractivity contribution is 0.208. The monoisotopic (exact) mass is 344 g/mol. The zero-order valence-electron chi connectivity index (χ0n) is 8.56. The van der Waals surface area contributed by atoms with Crippen molar-refractivity contribution in [1.82, 2.24) is 9.78 Å². The van der Waals surface area contributed by atoms with Crippen LogP contribution in [0.1, 0.15) is 17.4 Å². The Kier molecular flexibility index (Phi) is 3.47. The van der Waals surface area contributed by atoms with Crippen LogP contribution in [0.2, 0.25) is 0 Å². The molecule has 1 N–H and O–H groups in total. The quantitative estimate of drug-likeness (QED) is 0.908. The average Bonchev–Trinajstić information content (AvgIpc) is 2.58. The predicted octanol–water partition coefficient (Wildman–Crippen LogP) is 3.03. The van der Waals surface area contributed by atoms with Crippen molar-refractivity contribution in [2.45, 2.75) is 6.10 Å². The SMILES string of the molecule is Cn1ncc(Br)c1C(O)c1ccccc1Br. The van der Waals surface area contributed by atoms with E-state index in [0.717, 1.165) is 20.2 Å². The van der Waals surface area contributed by atoms with Crippen LogP contribution in [-0.4, -0.2) is 14.9 Å². The molecule has 0 amide bonds. The molecule has 1 heterocycles. The molecule has 0 saturated heterocycles. The van der Waals surface area contributed by atoms with Gasteiger partial charge in [-0.15, -0.1) is 0 Å². The van der Waals surface area contributed by atoms with Gasteiger partial charge in [-0.3, -0.25) is 4.68 Å². The molecule has 0 aliphatic heterocycles. The first kappa shape index (κ1) is 11.8. The standard InChI is InChI=1S/C11H10Br2N2O/c1-15-10(9(13)6-14-15)11(16)7-4-2-3-5-8(7)12/h2-6,11,16H,1H3. The van der Waals surface area contributed by atoms with Crippen LogP contribution in [0.5, 0.6) is 0 Å². The molecule has 0 spiro atoms. The molecule has 0 aliphatic carbocycles. The van der Waals surface area contributed by atoms with Crippen molar-refractivity contribution < 1.29 is 5.11 Å². The zero-order chi connectivity index (χ0) is 11.7. The van der Waals surface area contributed by atoms with Crippen molar-refractivity contribution in [3.63, 3.8) is 0 Å². The highest BCUT2D eigenvalue weighted by molar-refractivity contribution is 9.10. The van der Waals surface area contributed by atoms with E-state index in [1.54, 1.807) is 17.9 Å². The van der Waals surface area contributed by atoms with E-state index in [1.807, 2.05) is 24.3 Å². The zero-order valence-corrected chi connectivity index (χ0v) is 11.7. The van der Waals surface area contributed by atoms with Gasteiger partial charge in [-0.05, 0) is 22.0 Å². The van der Waals surface area contributed by atoms with E-state index in [2.05, 4.69) is 37.0 Å². The number of hydrogen-bond donors (Lipinski definition) is 1. The highest BCUT2D eigenvalue weighted by atomic mass is 79.9. The fourth-order valence-corrected chi connectivity index (χ4v) is 2.64. The Hall–Kier alpha value is -0.650. The Labute approximate surface area is 110 Å². The van der Waals surface area contributed by atoms with Gasteiger partial charge in [0.1, 0.15) is 6.10 Å².